The molecule has 2 aromatic rings. The van der Waals surface area contributed by atoms with Crippen molar-refractivity contribution in [3.05, 3.63) is 43.0 Å². The number of hydrogen-bond acceptors (Lipinski definition) is 3. The Labute approximate surface area is 177 Å². The van der Waals surface area contributed by atoms with Crippen LogP contribution in [-0.4, -0.2) is 13.7 Å². The topological polar surface area (TPSA) is 18.5 Å². The highest BCUT2D eigenvalue weighted by Gasteiger charge is 2.10. The summed E-state index contributed by atoms with van der Waals surface area (Å²) < 4.78 is 13.8. The van der Waals surface area contributed by atoms with Crippen molar-refractivity contribution in [1.29, 1.82) is 0 Å². The van der Waals surface area contributed by atoms with Crippen LogP contribution in [0.4, 0.5) is 0 Å². The second-order valence-corrected chi connectivity index (χ2v) is 10.0. The summed E-state index contributed by atoms with van der Waals surface area (Å²) in [4.78, 5) is 0. The van der Waals surface area contributed by atoms with Crippen molar-refractivity contribution in [1.82, 2.24) is 0 Å². The van der Waals surface area contributed by atoms with Crippen LogP contribution in [0.2, 0.25) is 0 Å². The minimum Gasteiger partial charge on any atom is -0.493 e. The minimum absolute atomic E-state index is 0.605. The van der Waals surface area contributed by atoms with E-state index in [0.717, 1.165) is 43.2 Å². The molecule has 5 heteroatoms. The maximum Gasteiger partial charge on any atom is 0.161 e. The van der Waals surface area contributed by atoms with Crippen molar-refractivity contribution < 1.29 is 9.47 Å². The number of hydrogen-bond donors (Lipinski definition) is 0. The summed E-state index contributed by atoms with van der Waals surface area (Å²) in [5, 5.41) is 0. The fourth-order valence-electron chi connectivity index (χ4n) is 2.67. The maximum absolute atomic E-state index is 6.06. The van der Waals surface area contributed by atoms with Crippen LogP contribution < -0.4 is 9.47 Å². The van der Waals surface area contributed by atoms with Gasteiger partial charge in [-0.1, -0.05) is 51.3 Å². The SMILES string of the molecule is CCCCC(CC)COc1ccc(/C=C/c2cc(Br)sc2Br)cc1OC. The van der Waals surface area contributed by atoms with E-state index in [2.05, 4.69) is 70.0 Å². The fraction of sp³-hybridized carbons (Fsp3) is 0.429. The Kier molecular flexibility index (Phi) is 9.23. The molecule has 0 saturated heterocycles. The summed E-state index contributed by atoms with van der Waals surface area (Å²) in [7, 11) is 1.69. The van der Waals surface area contributed by atoms with Crippen molar-refractivity contribution >= 4 is 55.3 Å². The number of thiophene rings is 1. The Hall–Kier alpha value is -0.780. The Morgan fingerprint density at radius 2 is 1.92 bits per heavy atom. The van der Waals surface area contributed by atoms with Crippen molar-refractivity contribution in [3.63, 3.8) is 0 Å². The number of benzene rings is 1. The Morgan fingerprint density at radius 1 is 1.12 bits per heavy atom. The molecule has 0 aliphatic rings. The molecule has 26 heavy (non-hydrogen) atoms. The molecule has 1 aromatic carbocycles. The molecule has 142 valence electrons. The highest BCUT2D eigenvalue weighted by Crippen LogP contribution is 2.34. The number of rotatable bonds is 10. The molecule has 0 aliphatic heterocycles. The average Bonchev–Trinajstić information content (AvgIpc) is 2.97. The molecule has 0 N–H and O–H groups in total. The van der Waals surface area contributed by atoms with Gasteiger partial charge in [-0.05, 0) is 68.0 Å². The first kappa shape index (κ1) is 21.5. The summed E-state index contributed by atoms with van der Waals surface area (Å²) in [6, 6.07) is 8.19. The van der Waals surface area contributed by atoms with E-state index in [4.69, 9.17) is 9.47 Å². The molecule has 0 fully saturated rings. The molecular formula is C21H26Br2O2S. The number of ether oxygens (including phenoxy) is 2. The van der Waals surface area contributed by atoms with Gasteiger partial charge in [0.2, 0.25) is 0 Å². The molecule has 0 radical (unpaired) electrons. The van der Waals surface area contributed by atoms with Crippen molar-refractivity contribution in [3.8, 4) is 11.5 Å². The maximum atomic E-state index is 6.06. The Balaban J connectivity index is 2.05. The second-order valence-electron chi connectivity index (χ2n) is 6.25. The van der Waals surface area contributed by atoms with Gasteiger partial charge in [-0.3, -0.25) is 0 Å². The van der Waals surface area contributed by atoms with Gasteiger partial charge in [-0.2, -0.15) is 0 Å². The van der Waals surface area contributed by atoms with E-state index < -0.39 is 0 Å². The highest BCUT2D eigenvalue weighted by molar-refractivity contribution is 9.12. The van der Waals surface area contributed by atoms with Gasteiger partial charge in [-0.15, -0.1) is 11.3 Å². The predicted octanol–water partition coefficient (Wildman–Crippen LogP) is 8.05. The lowest BCUT2D eigenvalue weighted by molar-refractivity contribution is 0.224. The van der Waals surface area contributed by atoms with E-state index in [1.807, 2.05) is 12.1 Å². The third-order valence-electron chi connectivity index (χ3n) is 4.34. The first-order valence-electron chi connectivity index (χ1n) is 9.01. The molecule has 1 heterocycles. The van der Waals surface area contributed by atoms with E-state index in [9.17, 15) is 0 Å². The van der Waals surface area contributed by atoms with Gasteiger partial charge in [0, 0.05) is 5.56 Å². The summed E-state index contributed by atoms with van der Waals surface area (Å²) in [6.45, 7) is 5.21. The van der Waals surface area contributed by atoms with Crippen LogP contribution in [0.15, 0.2) is 31.8 Å². The number of halogens is 2. The van der Waals surface area contributed by atoms with Gasteiger partial charge >= 0.3 is 0 Å². The van der Waals surface area contributed by atoms with Crippen LogP contribution in [0.3, 0.4) is 0 Å². The lowest BCUT2D eigenvalue weighted by Crippen LogP contribution is -2.11. The van der Waals surface area contributed by atoms with E-state index >= 15 is 0 Å². The molecule has 1 aromatic heterocycles. The molecule has 0 saturated carbocycles. The van der Waals surface area contributed by atoms with Gasteiger partial charge < -0.3 is 9.47 Å². The highest BCUT2D eigenvalue weighted by atomic mass is 79.9. The third kappa shape index (κ3) is 6.43. The summed E-state index contributed by atoms with van der Waals surface area (Å²) in [5.41, 5.74) is 2.24. The van der Waals surface area contributed by atoms with Crippen LogP contribution in [0.1, 0.15) is 50.7 Å². The zero-order chi connectivity index (χ0) is 18.9. The van der Waals surface area contributed by atoms with Crippen LogP contribution in [0, 0.1) is 5.92 Å². The van der Waals surface area contributed by atoms with Crippen LogP contribution in [0.5, 0.6) is 11.5 Å². The first-order chi connectivity index (χ1) is 12.6. The molecule has 2 rings (SSSR count). The smallest absolute Gasteiger partial charge is 0.161 e. The third-order valence-corrected chi connectivity index (χ3v) is 6.73. The fourth-order valence-corrected chi connectivity index (χ4v) is 5.42. The summed E-state index contributed by atoms with van der Waals surface area (Å²) in [6.07, 6.45) is 9.05. The minimum atomic E-state index is 0.605. The Morgan fingerprint density at radius 3 is 2.54 bits per heavy atom. The Bertz CT molecular complexity index is 725. The van der Waals surface area contributed by atoms with Gasteiger partial charge in [0.1, 0.15) is 0 Å². The van der Waals surface area contributed by atoms with Gasteiger partial charge in [0.15, 0.2) is 11.5 Å². The molecule has 0 aliphatic carbocycles. The quantitative estimate of drug-likeness (QED) is 0.327. The van der Waals surface area contributed by atoms with Gasteiger partial charge in [0.05, 0.1) is 21.3 Å². The van der Waals surface area contributed by atoms with Crippen molar-refractivity contribution in [2.45, 2.75) is 39.5 Å². The molecule has 1 unspecified atom stereocenters. The first-order valence-corrected chi connectivity index (χ1v) is 11.4. The zero-order valence-corrected chi connectivity index (χ0v) is 19.5. The normalized spacial score (nSPS) is 12.5. The molecule has 2 nitrogen and oxygen atoms in total. The molecule has 0 spiro atoms. The van der Waals surface area contributed by atoms with Gasteiger partial charge in [0.25, 0.3) is 0 Å². The van der Waals surface area contributed by atoms with Crippen LogP contribution in [-0.2, 0) is 0 Å². The average molecular weight is 502 g/mol. The van der Waals surface area contributed by atoms with Crippen LogP contribution >= 0.6 is 43.2 Å². The second kappa shape index (κ2) is 11.2. The van der Waals surface area contributed by atoms with Gasteiger partial charge in [-0.25, -0.2) is 0 Å². The van der Waals surface area contributed by atoms with E-state index in [1.165, 1.54) is 19.3 Å². The van der Waals surface area contributed by atoms with E-state index in [0.29, 0.717) is 5.92 Å². The molecular weight excluding hydrogens is 476 g/mol. The van der Waals surface area contributed by atoms with Crippen molar-refractivity contribution in [2.75, 3.05) is 13.7 Å². The summed E-state index contributed by atoms with van der Waals surface area (Å²) in [5.74, 6) is 2.20. The lowest BCUT2D eigenvalue weighted by atomic mass is 10.0. The monoisotopic (exact) mass is 500 g/mol. The van der Waals surface area contributed by atoms with Crippen molar-refractivity contribution in [2.24, 2.45) is 5.92 Å². The van der Waals surface area contributed by atoms with E-state index in [-0.39, 0.29) is 0 Å². The number of methoxy groups -OCH3 is 1. The molecule has 0 bridgehead atoms. The van der Waals surface area contributed by atoms with E-state index in [1.54, 1.807) is 18.4 Å². The largest absolute Gasteiger partial charge is 0.493 e. The number of unbranched alkanes of at least 4 members (excludes halogenated alkanes) is 1. The predicted molar refractivity (Wildman–Crippen MR) is 120 cm³/mol. The molecule has 1 atom stereocenters. The zero-order valence-electron chi connectivity index (χ0n) is 15.6. The lowest BCUT2D eigenvalue weighted by Gasteiger charge is -2.17. The molecule has 0 amide bonds. The summed E-state index contributed by atoms with van der Waals surface area (Å²) >= 11 is 8.76. The standard InChI is InChI=1S/C21H26Br2O2S/c1-4-6-7-15(5-2)14-25-18-11-9-16(12-19(18)24-3)8-10-17-13-20(22)26-21(17)23/h8-13,15H,4-7,14H2,1-3H3/b10-8+. The van der Waals surface area contributed by atoms with Crippen LogP contribution in [0.25, 0.3) is 12.2 Å².